The van der Waals surface area contributed by atoms with Crippen molar-refractivity contribution in [3.8, 4) is 11.3 Å². The Morgan fingerprint density at radius 3 is 2.48 bits per heavy atom. The standard InChI is InChI=1S/C18H18FN3O2S/c1-21(2)12-14-11-17(15-7-3-4-8-16(15)19)22(13-14)25(23,24)18-9-5-6-10-20-18/h3-11,13H,12H2,1-2H3. The summed E-state index contributed by atoms with van der Waals surface area (Å²) in [6.07, 6.45) is 2.94. The summed E-state index contributed by atoms with van der Waals surface area (Å²) < 4.78 is 41.4. The smallest absolute Gasteiger partial charge is 0.285 e. The summed E-state index contributed by atoms with van der Waals surface area (Å²) in [4.78, 5) is 5.86. The maximum absolute atomic E-state index is 14.3. The Hall–Kier alpha value is -2.51. The molecular weight excluding hydrogens is 341 g/mol. The molecule has 0 radical (unpaired) electrons. The predicted molar refractivity (Wildman–Crippen MR) is 94.0 cm³/mol. The molecule has 7 heteroatoms. The summed E-state index contributed by atoms with van der Waals surface area (Å²) in [6.45, 7) is 0.534. The normalized spacial score (nSPS) is 11.8. The van der Waals surface area contributed by atoms with Crippen LogP contribution in [0.4, 0.5) is 4.39 Å². The molecule has 2 aromatic heterocycles. The van der Waals surface area contributed by atoms with Crippen molar-refractivity contribution in [2.24, 2.45) is 0 Å². The number of pyridine rings is 1. The fraction of sp³-hybridized carbons (Fsp3) is 0.167. The maximum atomic E-state index is 14.3. The average Bonchev–Trinajstić information content (AvgIpc) is 2.99. The highest BCUT2D eigenvalue weighted by Crippen LogP contribution is 2.28. The van der Waals surface area contributed by atoms with Crippen LogP contribution in [0.15, 0.2) is 66.0 Å². The summed E-state index contributed by atoms with van der Waals surface area (Å²) in [5, 5.41) is -0.0837. The fourth-order valence-corrected chi connectivity index (χ4v) is 3.94. The second-order valence-electron chi connectivity index (χ2n) is 5.92. The van der Waals surface area contributed by atoms with E-state index in [0.717, 1.165) is 9.54 Å². The lowest BCUT2D eigenvalue weighted by atomic mass is 10.1. The molecule has 2 heterocycles. The van der Waals surface area contributed by atoms with Gasteiger partial charge >= 0.3 is 0 Å². The number of hydrogen-bond donors (Lipinski definition) is 0. The first-order chi connectivity index (χ1) is 11.9. The van der Waals surface area contributed by atoms with E-state index in [2.05, 4.69) is 4.98 Å². The predicted octanol–water partition coefficient (Wildman–Crippen LogP) is 2.99. The van der Waals surface area contributed by atoms with Crippen LogP contribution in [0.3, 0.4) is 0 Å². The van der Waals surface area contributed by atoms with Crippen LogP contribution in [-0.4, -0.2) is 36.4 Å². The zero-order valence-corrected chi connectivity index (χ0v) is 14.7. The minimum absolute atomic E-state index is 0.0837. The molecule has 0 spiro atoms. The van der Waals surface area contributed by atoms with Crippen LogP contribution in [0.25, 0.3) is 11.3 Å². The largest absolute Gasteiger partial charge is 0.305 e. The summed E-state index contributed by atoms with van der Waals surface area (Å²) in [5.41, 5.74) is 1.27. The minimum atomic E-state index is -3.93. The topological polar surface area (TPSA) is 55.2 Å². The Kier molecular flexibility index (Phi) is 4.69. The monoisotopic (exact) mass is 359 g/mol. The second-order valence-corrected chi connectivity index (χ2v) is 7.68. The molecule has 0 amide bonds. The molecule has 0 aliphatic heterocycles. The molecule has 0 N–H and O–H groups in total. The van der Waals surface area contributed by atoms with Gasteiger partial charge in [0.05, 0.1) is 5.69 Å². The number of rotatable bonds is 5. The molecule has 3 aromatic rings. The summed E-state index contributed by atoms with van der Waals surface area (Å²) in [6, 6.07) is 12.5. The van der Waals surface area contributed by atoms with Crippen LogP contribution in [0.2, 0.25) is 0 Å². The number of hydrogen-bond acceptors (Lipinski definition) is 4. The minimum Gasteiger partial charge on any atom is -0.305 e. The van der Waals surface area contributed by atoms with Crippen LogP contribution in [0.1, 0.15) is 5.56 Å². The molecule has 25 heavy (non-hydrogen) atoms. The Bertz CT molecular complexity index is 983. The van der Waals surface area contributed by atoms with Gasteiger partial charge < -0.3 is 4.90 Å². The summed E-state index contributed by atoms with van der Waals surface area (Å²) in [5.74, 6) is -0.477. The van der Waals surface area contributed by atoms with Crippen molar-refractivity contribution < 1.29 is 12.8 Å². The third-order valence-electron chi connectivity index (χ3n) is 3.65. The van der Waals surface area contributed by atoms with Gasteiger partial charge in [0, 0.05) is 24.5 Å². The first-order valence-corrected chi connectivity index (χ1v) is 9.11. The Balaban J connectivity index is 2.22. The van der Waals surface area contributed by atoms with Gasteiger partial charge in [0.1, 0.15) is 5.82 Å². The van der Waals surface area contributed by atoms with Gasteiger partial charge in [-0.3, -0.25) is 0 Å². The van der Waals surface area contributed by atoms with Crippen molar-refractivity contribution in [3.05, 3.63) is 72.3 Å². The van der Waals surface area contributed by atoms with E-state index < -0.39 is 15.8 Å². The average molecular weight is 359 g/mol. The summed E-state index contributed by atoms with van der Waals surface area (Å²) >= 11 is 0. The highest BCUT2D eigenvalue weighted by Gasteiger charge is 2.24. The molecule has 0 fully saturated rings. The number of halogens is 1. The van der Waals surface area contributed by atoms with Gasteiger partial charge in [-0.2, -0.15) is 8.42 Å². The molecule has 1 aromatic carbocycles. The fourth-order valence-electron chi connectivity index (χ4n) is 2.61. The molecular formula is C18H18FN3O2S. The SMILES string of the molecule is CN(C)Cc1cc(-c2ccccc2F)n(S(=O)(=O)c2ccccn2)c1. The van der Waals surface area contributed by atoms with E-state index in [1.54, 1.807) is 36.4 Å². The van der Waals surface area contributed by atoms with Crippen LogP contribution < -0.4 is 0 Å². The Morgan fingerprint density at radius 1 is 1.12 bits per heavy atom. The van der Waals surface area contributed by atoms with Gasteiger partial charge in [-0.05, 0) is 50.0 Å². The number of aromatic nitrogens is 2. The van der Waals surface area contributed by atoms with Crippen LogP contribution >= 0.6 is 0 Å². The van der Waals surface area contributed by atoms with E-state index in [4.69, 9.17) is 0 Å². The zero-order valence-electron chi connectivity index (χ0n) is 13.9. The molecule has 0 saturated carbocycles. The maximum Gasteiger partial charge on any atom is 0.285 e. The molecule has 3 rings (SSSR count). The van der Waals surface area contributed by atoms with Crippen molar-refractivity contribution in [1.82, 2.24) is 13.9 Å². The molecule has 0 unspecified atom stereocenters. The van der Waals surface area contributed by atoms with Crippen molar-refractivity contribution in [3.63, 3.8) is 0 Å². The molecule has 5 nitrogen and oxygen atoms in total. The highest BCUT2D eigenvalue weighted by atomic mass is 32.2. The van der Waals surface area contributed by atoms with Gasteiger partial charge in [0.15, 0.2) is 5.03 Å². The zero-order chi connectivity index (χ0) is 18.0. The van der Waals surface area contributed by atoms with E-state index in [0.29, 0.717) is 6.54 Å². The number of benzene rings is 1. The van der Waals surface area contributed by atoms with Crippen LogP contribution in [0.5, 0.6) is 0 Å². The van der Waals surface area contributed by atoms with E-state index in [1.807, 2.05) is 19.0 Å². The Morgan fingerprint density at radius 2 is 1.84 bits per heavy atom. The summed E-state index contributed by atoms with van der Waals surface area (Å²) in [7, 11) is -0.165. The van der Waals surface area contributed by atoms with Crippen LogP contribution in [-0.2, 0) is 16.6 Å². The van der Waals surface area contributed by atoms with E-state index in [9.17, 15) is 12.8 Å². The van der Waals surface area contributed by atoms with Gasteiger partial charge in [0.2, 0.25) is 0 Å². The first kappa shape index (κ1) is 17.3. The van der Waals surface area contributed by atoms with Gasteiger partial charge in [-0.1, -0.05) is 18.2 Å². The van der Waals surface area contributed by atoms with Crippen LogP contribution in [0, 0.1) is 5.82 Å². The van der Waals surface area contributed by atoms with Crippen molar-refractivity contribution in [2.75, 3.05) is 14.1 Å². The van der Waals surface area contributed by atoms with Gasteiger partial charge in [-0.15, -0.1) is 0 Å². The van der Waals surface area contributed by atoms with Crippen molar-refractivity contribution in [1.29, 1.82) is 0 Å². The highest BCUT2D eigenvalue weighted by molar-refractivity contribution is 7.90. The van der Waals surface area contributed by atoms with Crippen molar-refractivity contribution >= 4 is 10.0 Å². The quantitative estimate of drug-likeness (QED) is 0.703. The lowest BCUT2D eigenvalue weighted by Gasteiger charge is -2.10. The lowest BCUT2D eigenvalue weighted by molar-refractivity contribution is 0.402. The van der Waals surface area contributed by atoms with E-state index in [1.165, 1.54) is 24.5 Å². The molecule has 0 aliphatic carbocycles. The lowest BCUT2D eigenvalue weighted by Crippen LogP contribution is -2.15. The second kappa shape index (κ2) is 6.78. The molecule has 0 atom stereocenters. The van der Waals surface area contributed by atoms with E-state index in [-0.39, 0.29) is 16.3 Å². The molecule has 0 bridgehead atoms. The molecule has 0 saturated heterocycles. The van der Waals surface area contributed by atoms with Gasteiger partial charge in [0.25, 0.3) is 10.0 Å². The Labute approximate surface area is 146 Å². The first-order valence-electron chi connectivity index (χ1n) is 7.67. The third kappa shape index (κ3) is 3.47. The van der Waals surface area contributed by atoms with Crippen molar-refractivity contribution in [2.45, 2.75) is 11.6 Å². The molecule has 130 valence electrons. The third-order valence-corrected chi connectivity index (χ3v) is 5.24. The van der Waals surface area contributed by atoms with Gasteiger partial charge in [-0.25, -0.2) is 13.3 Å². The molecule has 0 aliphatic rings. The number of nitrogens with zero attached hydrogens (tertiary/aromatic N) is 3. The van der Waals surface area contributed by atoms with E-state index >= 15 is 0 Å².